The number of halogens is 2. The summed E-state index contributed by atoms with van der Waals surface area (Å²) in [7, 11) is 1.65. The third-order valence-electron chi connectivity index (χ3n) is 2.86. The number of hydrogen-bond donors (Lipinski definition) is 0. The summed E-state index contributed by atoms with van der Waals surface area (Å²) in [5.41, 5.74) is 0.777. The normalized spacial score (nSPS) is 10.6. The van der Waals surface area contributed by atoms with Gasteiger partial charge in [-0.1, -0.05) is 42.4 Å². The largest absolute Gasteiger partial charge is 0.311 e. The van der Waals surface area contributed by atoms with E-state index in [-0.39, 0.29) is 5.56 Å². The van der Waals surface area contributed by atoms with Gasteiger partial charge in [0.15, 0.2) is 0 Å². The van der Waals surface area contributed by atoms with Crippen molar-refractivity contribution in [1.82, 2.24) is 4.57 Å². The minimum absolute atomic E-state index is 0.192. The Morgan fingerprint density at radius 3 is 2.28 bits per heavy atom. The van der Waals surface area contributed by atoms with Gasteiger partial charge < -0.3 is 4.57 Å². The highest BCUT2D eigenvalue weighted by atomic mass is 35.5. The van der Waals surface area contributed by atoms with E-state index in [9.17, 15) is 4.79 Å². The van der Waals surface area contributed by atoms with Gasteiger partial charge in [0.1, 0.15) is 0 Å². The zero-order valence-corrected chi connectivity index (χ0v) is 11.3. The molecule has 1 heterocycles. The zero-order valence-electron chi connectivity index (χ0n) is 9.84. The minimum atomic E-state index is -0.192. The summed E-state index contributed by atoms with van der Waals surface area (Å²) >= 11 is 12.2. The summed E-state index contributed by atoms with van der Waals surface area (Å²) in [5, 5.41) is 2.13. The zero-order chi connectivity index (χ0) is 13.4. The number of aromatic nitrogens is 1. The first kappa shape index (κ1) is 12.9. The van der Waals surface area contributed by atoms with Gasteiger partial charge >= 0.3 is 0 Å². The lowest BCUT2D eigenvalue weighted by molar-refractivity contribution is 0.823. The molecule has 0 aliphatic carbocycles. The maximum absolute atomic E-state index is 12.2. The average molecular weight is 280 g/mol. The van der Waals surface area contributed by atoms with Crippen LogP contribution in [0.4, 0.5) is 0 Å². The van der Waals surface area contributed by atoms with Crippen molar-refractivity contribution in [1.29, 1.82) is 0 Å². The first-order valence-corrected chi connectivity index (χ1v) is 6.01. The molecule has 0 saturated carbocycles. The molecule has 0 saturated heterocycles. The van der Waals surface area contributed by atoms with Crippen molar-refractivity contribution in [2.75, 3.05) is 0 Å². The standard InChI is InChI=1S/C14H11Cl2NO/c1-8-7-10(14(18)17(3)9(8)2)13-11(15)5-4-6-12(13)16/h4-7H,1-2H2,3H3. The Labute approximate surface area is 114 Å². The summed E-state index contributed by atoms with van der Waals surface area (Å²) in [6, 6.07) is 6.80. The quantitative estimate of drug-likeness (QED) is 0.784. The topological polar surface area (TPSA) is 22.0 Å². The van der Waals surface area contributed by atoms with E-state index in [1.54, 1.807) is 31.3 Å². The van der Waals surface area contributed by atoms with Crippen LogP contribution in [0.5, 0.6) is 0 Å². The van der Waals surface area contributed by atoms with E-state index >= 15 is 0 Å². The molecule has 0 amide bonds. The van der Waals surface area contributed by atoms with E-state index in [2.05, 4.69) is 13.2 Å². The molecule has 0 fully saturated rings. The lowest BCUT2D eigenvalue weighted by Gasteiger charge is -2.08. The van der Waals surface area contributed by atoms with E-state index in [1.165, 1.54) is 4.57 Å². The fourth-order valence-electron chi connectivity index (χ4n) is 1.77. The van der Waals surface area contributed by atoms with Gasteiger partial charge in [-0.25, -0.2) is 0 Å². The van der Waals surface area contributed by atoms with Gasteiger partial charge in [-0.2, -0.15) is 0 Å². The Balaban J connectivity index is 2.94. The Bertz CT molecular complexity index is 757. The molecule has 0 radical (unpaired) electrons. The molecular weight excluding hydrogens is 269 g/mol. The fraction of sp³-hybridized carbons (Fsp3) is 0.0714. The molecule has 1 aromatic carbocycles. The lowest BCUT2D eigenvalue weighted by Crippen LogP contribution is -2.40. The highest BCUT2D eigenvalue weighted by molar-refractivity contribution is 6.39. The Hall–Kier alpha value is -1.51. The van der Waals surface area contributed by atoms with E-state index < -0.39 is 0 Å². The van der Waals surface area contributed by atoms with Gasteiger partial charge in [-0.05, 0) is 23.4 Å². The second kappa shape index (κ2) is 4.63. The number of rotatable bonds is 1. The third-order valence-corrected chi connectivity index (χ3v) is 3.49. The van der Waals surface area contributed by atoms with Crippen LogP contribution in [0.15, 0.2) is 29.1 Å². The Morgan fingerprint density at radius 1 is 1.17 bits per heavy atom. The molecule has 2 aromatic rings. The number of hydrogen-bond acceptors (Lipinski definition) is 1. The molecule has 2 rings (SSSR count). The van der Waals surface area contributed by atoms with E-state index in [1.807, 2.05) is 0 Å². The maximum atomic E-state index is 12.2. The van der Waals surface area contributed by atoms with E-state index in [0.29, 0.717) is 31.7 Å². The van der Waals surface area contributed by atoms with Crippen molar-refractivity contribution in [3.05, 3.63) is 55.2 Å². The van der Waals surface area contributed by atoms with Gasteiger partial charge in [-0.3, -0.25) is 4.79 Å². The highest BCUT2D eigenvalue weighted by Gasteiger charge is 2.12. The van der Waals surface area contributed by atoms with Crippen LogP contribution in [0.3, 0.4) is 0 Å². The molecule has 18 heavy (non-hydrogen) atoms. The van der Waals surface area contributed by atoms with Crippen LogP contribution in [-0.4, -0.2) is 4.57 Å². The van der Waals surface area contributed by atoms with Crippen molar-refractivity contribution >= 4 is 36.4 Å². The van der Waals surface area contributed by atoms with Crippen LogP contribution in [0, 0.1) is 0 Å². The first-order chi connectivity index (χ1) is 8.43. The first-order valence-electron chi connectivity index (χ1n) is 5.25. The summed E-state index contributed by atoms with van der Waals surface area (Å²) in [4.78, 5) is 12.2. The lowest BCUT2D eigenvalue weighted by atomic mass is 10.1. The van der Waals surface area contributed by atoms with Gasteiger partial charge in [0.2, 0.25) is 0 Å². The summed E-state index contributed by atoms with van der Waals surface area (Å²) < 4.78 is 1.44. The summed E-state index contributed by atoms with van der Waals surface area (Å²) in [6.45, 7) is 7.65. The minimum Gasteiger partial charge on any atom is -0.311 e. The molecule has 92 valence electrons. The Kier molecular flexibility index (Phi) is 3.33. The molecule has 0 bridgehead atoms. The van der Waals surface area contributed by atoms with Crippen LogP contribution < -0.4 is 16.1 Å². The van der Waals surface area contributed by atoms with Crippen molar-refractivity contribution in [3.8, 4) is 11.1 Å². The van der Waals surface area contributed by atoms with Gasteiger partial charge in [0.25, 0.3) is 5.56 Å². The summed E-state index contributed by atoms with van der Waals surface area (Å²) in [5.74, 6) is 0. The fourth-order valence-corrected chi connectivity index (χ4v) is 2.37. The maximum Gasteiger partial charge on any atom is 0.258 e. The van der Waals surface area contributed by atoms with E-state index in [0.717, 1.165) is 0 Å². The molecule has 0 atom stereocenters. The molecule has 0 unspecified atom stereocenters. The summed E-state index contributed by atoms with van der Waals surface area (Å²) in [6.07, 6.45) is 0. The van der Waals surface area contributed by atoms with Gasteiger partial charge in [0, 0.05) is 18.0 Å². The van der Waals surface area contributed by atoms with Crippen molar-refractivity contribution < 1.29 is 0 Å². The van der Waals surface area contributed by atoms with Gasteiger partial charge in [-0.15, -0.1) is 0 Å². The predicted molar refractivity (Wildman–Crippen MR) is 77.4 cm³/mol. The van der Waals surface area contributed by atoms with Crippen molar-refractivity contribution in [2.45, 2.75) is 0 Å². The predicted octanol–water partition coefficient (Wildman–Crippen LogP) is 2.18. The number of benzene rings is 1. The monoisotopic (exact) mass is 279 g/mol. The number of pyridine rings is 1. The molecule has 2 nitrogen and oxygen atoms in total. The van der Waals surface area contributed by atoms with Crippen LogP contribution in [-0.2, 0) is 7.05 Å². The molecule has 0 spiro atoms. The SMILES string of the molecule is C=c1cc(-c2c(Cl)cccc2Cl)c(=O)n(C)c1=C. The number of nitrogens with zero attached hydrogens (tertiary/aromatic N) is 1. The highest BCUT2D eigenvalue weighted by Crippen LogP contribution is 2.31. The molecule has 0 aliphatic heterocycles. The van der Waals surface area contributed by atoms with Crippen LogP contribution >= 0.6 is 23.2 Å². The molecule has 4 heteroatoms. The van der Waals surface area contributed by atoms with Crippen molar-refractivity contribution in [2.24, 2.45) is 7.05 Å². The van der Waals surface area contributed by atoms with Crippen LogP contribution in [0.25, 0.3) is 24.3 Å². The smallest absolute Gasteiger partial charge is 0.258 e. The molecule has 0 N–H and O–H groups in total. The van der Waals surface area contributed by atoms with Crippen LogP contribution in [0.2, 0.25) is 10.0 Å². The van der Waals surface area contributed by atoms with Crippen LogP contribution in [0.1, 0.15) is 0 Å². The molecule has 0 aliphatic rings. The van der Waals surface area contributed by atoms with Crippen molar-refractivity contribution in [3.63, 3.8) is 0 Å². The second-order valence-electron chi connectivity index (χ2n) is 3.99. The second-order valence-corrected chi connectivity index (χ2v) is 4.81. The van der Waals surface area contributed by atoms with Gasteiger partial charge in [0.05, 0.1) is 15.6 Å². The molecular formula is C14H11Cl2NO. The molecule has 1 aromatic heterocycles. The average Bonchev–Trinajstić information content (AvgIpc) is 2.32. The Morgan fingerprint density at radius 2 is 1.72 bits per heavy atom. The van der Waals surface area contributed by atoms with E-state index in [4.69, 9.17) is 23.2 Å². The third kappa shape index (κ3) is 1.98.